The van der Waals surface area contributed by atoms with Crippen molar-refractivity contribution in [3.8, 4) is 17.1 Å². The van der Waals surface area contributed by atoms with Crippen LogP contribution in [0.5, 0.6) is 5.75 Å². The number of hydrogen-bond acceptors (Lipinski definition) is 7. The van der Waals surface area contributed by atoms with E-state index in [1.807, 2.05) is 0 Å². The largest absolute Gasteiger partial charge is 0.483 e. The zero-order chi connectivity index (χ0) is 27.7. The van der Waals surface area contributed by atoms with E-state index in [1.54, 1.807) is 7.05 Å². The van der Waals surface area contributed by atoms with Gasteiger partial charge in [0.1, 0.15) is 30.0 Å². The number of carbonyl (C=O) groups excluding carboxylic acids is 2. The van der Waals surface area contributed by atoms with Crippen molar-refractivity contribution < 1.29 is 32.2 Å². The van der Waals surface area contributed by atoms with E-state index in [9.17, 15) is 22.8 Å². The summed E-state index contributed by atoms with van der Waals surface area (Å²) >= 11 is 0. The Labute approximate surface area is 220 Å². The van der Waals surface area contributed by atoms with Gasteiger partial charge in [0.25, 0.3) is 0 Å². The van der Waals surface area contributed by atoms with Crippen molar-refractivity contribution in [1.82, 2.24) is 24.7 Å². The fourth-order valence-corrected chi connectivity index (χ4v) is 4.43. The first-order chi connectivity index (χ1) is 18.7. The van der Waals surface area contributed by atoms with Crippen LogP contribution in [0.2, 0.25) is 0 Å². The number of anilines is 1. The standard InChI is InChI=1S/C25H24F3N7O4/c1-33-24(20(10-31-33)32-23(36)13-38-2)19-8-22(18(28)9-29-19)39-17-11-34(12-17)25(37)35-21(3-4-30-35)14-5-15(26)7-16(27)6-14/h4-10,17,21H,3,11-13H2,1-2H3,(H,32,36)/t21-/m0/s1. The van der Waals surface area contributed by atoms with Crippen LogP contribution in [0.25, 0.3) is 11.4 Å². The minimum Gasteiger partial charge on any atom is -0.483 e. The quantitative estimate of drug-likeness (QED) is 0.490. The Morgan fingerprint density at radius 1 is 1.10 bits per heavy atom. The lowest BCUT2D eigenvalue weighted by Crippen LogP contribution is -2.58. The number of hydrazone groups is 1. The van der Waals surface area contributed by atoms with Crippen LogP contribution in [0.15, 0.2) is 41.8 Å². The highest BCUT2D eigenvalue weighted by Gasteiger charge is 2.39. The maximum absolute atomic E-state index is 14.6. The van der Waals surface area contributed by atoms with E-state index >= 15 is 0 Å². The number of nitrogens with zero attached hydrogens (tertiary/aromatic N) is 6. The van der Waals surface area contributed by atoms with E-state index in [1.165, 1.54) is 52.3 Å². The molecule has 14 heteroatoms. The lowest BCUT2D eigenvalue weighted by molar-refractivity contribution is -0.119. The van der Waals surface area contributed by atoms with Crippen molar-refractivity contribution in [2.45, 2.75) is 18.6 Å². The molecule has 0 bridgehead atoms. The van der Waals surface area contributed by atoms with Crippen LogP contribution >= 0.6 is 0 Å². The number of carbonyl (C=O) groups is 2. The predicted octanol–water partition coefficient (Wildman–Crippen LogP) is 3.10. The van der Waals surface area contributed by atoms with Crippen molar-refractivity contribution in [3.63, 3.8) is 0 Å². The van der Waals surface area contributed by atoms with Crippen molar-refractivity contribution in [2.24, 2.45) is 12.1 Å². The Hall–Kier alpha value is -4.46. The molecule has 5 rings (SSSR count). The van der Waals surface area contributed by atoms with Gasteiger partial charge in [-0.1, -0.05) is 0 Å². The minimum atomic E-state index is -0.740. The van der Waals surface area contributed by atoms with Gasteiger partial charge in [-0.2, -0.15) is 10.2 Å². The Balaban J connectivity index is 1.25. The third-order valence-corrected chi connectivity index (χ3v) is 6.26. The average molecular weight is 544 g/mol. The van der Waals surface area contributed by atoms with E-state index in [0.29, 0.717) is 29.1 Å². The van der Waals surface area contributed by atoms with Gasteiger partial charge in [-0.3, -0.25) is 14.5 Å². The van der Waals surface area contributed by atoms with Gasteiger partial charge in [0.15, 0.2) is 11.6 Å². The van der Waals surface area contributed by atoms with Crippen LogP contribution in [0.3, 0.4) is 0 Å². The van der Waals surface area contributed by atoms with Crippen molar-refractivity contribution in [3.05, 3.63) is 59.7 Å². The lowest BCUT2D eigenvalue weighted by atomic mass is 10.0. The molecule has 2 aliphatic rings. The number of nitrogens with one attached hydrogen (secondary N) is 1. The van der Waals surface area contributed by atoms with Crippen LogP contribution in [0.4, 0.5) is 23.7 Å². The Morgan fingerprint density at radius 2 is 1.85 bits per heavy atom. The van der Waals surface area contributed by atoms with E-state index in [-0.39, 0.29) is 25.4 Å². The zero-order valence-electron chi connectivity index (χ0n) is 21.0. The van der Waals surface area contributed by atoms with Gasteiger partial charge in [0.05, 0.1) is 42.9 Å². The lowest BCUT2D eigenvalue weighted by Gasteiger charge is -2.41. The van der Waals surface area contributed by atoms with Gasteiger partial charge in [0, 0.05) is 38.9 Å². The number of ether oxygens (including phenoxy) is 2. The summed E-state index contributed by atoms with van der Waals surface area (Å²) in [6.45, 7) is 0.144. The van der Waals surface area contributed by atoms with E-state index in [2.05, 4.69) is 20.5 Å². The highest BCUT2D eigenvalue weighted by Crippen LogP contribution is 2.33. The fraction of sp³-hybridized carbons (Fsp3) is 0.320. The number of likely N-dealkylation sites (tertiary alicyclic amines) is 1. The molecule has 0 spiro atoms. The van der Waals surface area contributed by atoms with Gasteiger partial charge in [-0.25, -0.2) is 23.0 Å². The molecule has 11 nitrogen and oxygen atoms in total. The average Bonchev–Trinajstić information content (AvgIpc) is 3.48. The van der Waals surface area contributed by atoms with Gasteiger partial charge in [0.2, 0.25) is 5.91 Å². The number of rotatable bonds is 7. The van der Waals surface area contributed by atoms with Crippen molar-refractivity contribution in [1.29, 1.82) is 0 Å². The van der Waals surface area contributed by atoms with Crippen LogP contribution in [-0.2, 0) is 16.6 Å². The summed E-state index contributed by atoms with van der Waals surface area (Å²) in [6, 6.07) is 3.40. The third-order valence-electron chi connectivity index (χ3n) is 6.26. The first kappa shape index (κ1) is 26.2. The number of halogens is 3. The smallest absolute Gasteiger partial charge is 0.341 e. The van der Waals surface area contributed by atoms with Gasteiger partial charge in [-0.15, -0.1) is 0 Å². The SMILES string of the molecule is COCC(=O)Nc1cnn(C)c1-c1cc(OC2CN(C(=O)N3N=CC[C@H]3c3cc(F)cc(F)c3)C2)c(F)cn1. The molecule has 4 heterocycles. The summed E-state index contributed by atoms with van der Waals surface area (Å²) in [5.41, 5.74) is 1.40. The summed E-state index contributed by atoms with van der Waals surface area (Å²) < 4.78 is 54.1. The molecular weight excluding hydrogens is 519 g/mol. The highest BCUT2D eigenvalue weighted by atomic mass is 19.1. The summed E-state index contributed by atoms with van der Waals surface area (Å²) in [5, 5.41) is 12.1. The number of aryl methyl sites for hydroxylation is 1. The maximum atomic E-state index is 14.6. The first-order valence-electron chi connectivity index (χ1n) is 11.9. The Bertz CT molecular complexity index is 1420. The minimum absolute atomic E-state index is 0.0835. The summed E-state index contributed by atoms with van der Waals surface area (Å²) in [4.78, 5) is 30.6. The normalized spacial score (nSPS) is 16.9. The molecule has 39 heavy (non-hydrogen) atoms. The Morgan fingerprint density at radius 3 is 2.56 bits per heavy atom. The van der Waals surface area contributed by atoms with Crippen LogP contribution < -0.4 is 10.1 Å². The predicted molar refractivity (Wildman–Crippen MR) is 132 cm³/mol. The molecule has 1 atom stereocenters. The summed E-state index contributed by atoms with van der Waals surface area (Å²) in [7, 11) is 3.04. The number of amides is 3. The molecule has 3 aromatic rings. The maximum Gasteiger partial charge on any atom is 0.341 e. The number of hydrogen-bond donors (Lipinski definition) is 1. The molecule has 3 amide bonds. The number of aromatic nitrogens is 3. The summed E-state index contributed by atoms with van der Waals surface area (Å²) in [5.74, 6) is -2.66. The van der Waals surface area contributed by atoms with Gasteiger partial charge >= 0.3 is 6.03 Å². The second-order valence-electron chi connectivity index (χ2n) is 9.04. The van der Waals surface area contributed by atoms with Gasteiger partial charge in [-0.05, 0) is 17.7 Å². The second kappa shape index (κ2) is 10.7. The fourth-order valence-electron chi connectivity index (χ4n) is 4.43. The molecule has 0 aliphatic carbocycles. The first-order valence-corrected chi connectivity index (χ1v) is 11.9. The molecule has 2 aliphatic heterocycles. The summed E-state index contributed by atoms with van der Waals surface area (Å²) in [6.07, 6.45) is 3.76. The van der Waals surface area contributed by atoms with Crippen LogP contribution in [-0.4, -0.2) is 75.7 Å². The highest BCUT2D eigenvalue weighted by molar-refractivity contribution is 5.95. The molecule has 1 fully saturated rings. The number of benzene rings is 1. The third kappa shape index (κ3) is 5.41. The second-order valence-corrected chi connectivity index (χ2v) is 9.04. The van der Waals surface area contributed by atoms with E-state index in [4.69, 9.17) is 9.47 Å². The molecule has 0 saturated carbocycles. The van der Waals surface area contributed by atoms with Crippen molar-refractivity contribution in [2.75, 3.05) is 32.1 Å². The van der Waals surface area contributed by atoms with Crippen LogP contribution in [0, 0.1) is 17.5 Å². The van der Waals surface area contributed by atoms with E-state index < -0.39 is 41.5 Å². The van der Waals surface area contributed by atoms with Gasteiger partial charge < -0.3 is 19.7 Å². The van der Waals surface area contributed by atoms with Crippen molar-refractivity contribution >= 4 is 23.8 Å². The molecule has 204 valence electrons. The molecule has 2 aromatic heterocycles. The van der Waals surface area contributed by atoms with E-state index in [0.717, 1.165) is 12.3 Å². The number of pyridine rings is 1. The molecule has 0 unspecified atom stereocenters. The zero-order valence-corrected chi connectivity index (χ0v) is 21.0. The Kier molecular flexibility index (Phi) is 7.19. The number of urea groups is 1. The molecule has 0 radical (unpaired) electrons. The van der Waals surface area contributed by atoms with Crippen LogP contribution in [0.1, 0.15) is 18.0 Å². The molecule has 1 aromatic carbocycles. The monoisotopic (exact) mass is 543 g/mol. The topological polar surface area (TPSA) is 114 Å². The molecule has 1 N–H and O–H groups in total. The number of methoxy groups -OCH3 is 1. The molecule has 1 saturated heterocycles. The molecular formula is C25H24F3N7O4.